The van der Waals surface area contributed by atoms with E-state index in [0.29, 0.717) is 12.1 Å². The van der Waals surface area contributed by atoms with Crippen molar-refractivity contribution >= 4 is 0 Å². The Kier molecular flexibility index (Phi) is 4.44. The summed E-state index contributed by atoms with van der Waals surface area (Å²) < 4.78 is 2.07. The van der Waals surface area contributed by atoms with Crippen LogP contribution in [0.3, 0.4) is 0 Å². The third-order valence-electron chi connectivity index (χ3n) is 4.36. The molecule has 1 heterocycles. The third kappa shape index (κ3) is 2.94. The van der Waals surface area contributed by atoms with Crippen LogP contribution in [0.2, 0.25) is 0 Å². The molecule has 1 fully saturated rings. The van der Waals surface area contributed by atoms with E-state index in [2.05, 4.69) is 55.1 Å². The topological polar surface area (TPSA) is 29.9 Å². The molecular formula is C15H27N3. The molecule has 3 nitrogen and oxygen atoms in total. The maximum atomic E-state index is 4.67. The minimum absolute atomic E-state index is 0.467. The molecule has 0 spiro atoms. The van der Waals surface area contributed by atoms with Gasteiger partial charge in [-0.2, -0.15) is 5.10 Å². The average molecular weight is 249 g/mol. The number of rotatable bonds is 5. The molecule has 1 aliphatic rings. The molecule has 1 N–H and O–H groups in total. The molecule has 0 bridgehead atoms. The van der Waals surface area contributed by atoms with E-state index in [1.54, 1.807) is 0 Å². The molecule has 0 amide bonds. The molecule has 2 rings (SSSR count). The molecule has 0 aliphatic heterocycles. The van der Waals surface area contributed by atoms with Crippen molar-refractivity contribution in [3.8, 4) is 0 Å². The Morgan fingerprint density at radius 3 is 2.83 bits per heavy atom. The van der Waals surface area contributed by atoms with Crippen molar-refractivity contribution in [2.75, 3.05) is 6.54 Å². The Morgan fingerprint density at radius 2 is 2.22 bits per heavy atom. The first-order valence-electron chi connectivity index (χ1n) is 7.39. The lowest BCUT2D eigenvalue weighted by molar-refractivity contribution is 0.351. The smallest absolute Gasteiger partial charge is 0.0627 e. The predicted octanol–water partition coefficient (Wildman–Crippen LogP) is 3.03. The van der Waals surface area contributed by atoms with Gasteiger partial charge in [-0.05, 0) is 57.6 Å². The monoisotopic (exact) mass is 249 g/mol. The Labute approximate surface area is 111 Å². The molecule has 0 aromatic carbocycles. The van der Waals surface area contributed by atoms with Gasteiger partial charge in [0.25, 0.3) is 0 Å². The van der Waals surface area contributed by atoms with Gasteiger partial charge in [-0.1, -0.05) is 13.8 Å². The highest BCUT2D eigenvalue weighted by Gasteiger charge is 2.32. The molecule has 3 atom stereocenters. The van der Waals surface area contributed by atoms with Gasteiger partial charge in [0.1, 0.15) is 0 Å². The van der Waals surface area contributed by atoms with E-state index in [1.165, 1.54) is 18.5 Å². The van der Waals surface area contributed by atoms with Crippen LogP contribution in [0.25, 0.3) is 0 Å². The van der Waals surface area contributed by atoms with E-state index < -0.39 is 0 Å². The van der Waals surface area contributed by atoms with Crippen molar-refractivity contribution in [2.24, 2.45) is 11.8 Å². The van der Waals surface area contributed by atoms with Crippen LogP contribution in [0.1, 0.15) is 52.3 Å². The maximum Gasteiger partial charge on any atom is 0.0627 e. The Morgan fingerprint density at radius 1 is 1.44 bits per heavy atom. The predicted molar refractivity (Wildman–Crippen MR) is 75.7 cm³/mol. The summed E-state index contributed by atoms with van der Waals surface area (Å²) in [7, 11) is 0. The van der Waals surface area contributed by atoms with Gasteiger partial charge in [-0.25, -0.2) is 0 Å². The van der Waals surface area contributed by atoms with E-state index >= 15 is 0 Å². The highest BCUT2D eigenvalue weighted by atomic mass is 15.3. The summed E-state index contributed by atoms with van der Waals surface area (Å²) in [5.41, 5.74) is 1.26. The highest BCUT2D eigenvalue weighted by Crippen LogP contribution is 2.34. The number of hydrogen-bond donors (Lipinski definition) is 1. The normalized spacial score (nSPS) is 28.2. The first-order valence-corrected chi connectivity index (χ1v) is 7.39. The van der Waals surface area contributed by atoms with Gasteiger partial charge in [0, 0.05) is 18.3 Å². The molecule has 0 radical (unpaired) electrons. The molecule has 1 aromatic rings. The zero-order valence-corrected chi connectivity index (χ0v) is 12.2. The van der Waals surface area contributed by atoms with Crippen LogP contribution in [0.15, 0.2) is 12.3 Å². The average Bonchev–Trinajstić information content (AvgIpc) is 2.91. The van der Waals surface area contributed by atoms with E-state index in [1.807, 2.05) is 0 Å². The van der Waals surface area contributed by atoms with E-state index in [0.717, 1.165) is 24.8 Å². The van der Waals surface area contributed by atoms with E-state index in [4.69, 9.17) is 0 Å². The first kappa shape index (κ1) is 13.6. The standard InChI is InChI=1S/C15H27N3/c1-5-16-15-7-6-13(12(15)4)10-14-8-9-18(17-14)11(2)3/h8-9,11-13,15-16H,5-7,10H2,1-4H3. The van der Waals surface area contributed by atoms with Crippen LogP contribution in [-0.4, -0.2) is 22.4 Å². The summed E-state index contributed by atoms with van der Waals surface area (Å²) in [5.74, 6) is 1.57. The van der Waals surface area contributed by atoms with Gasteiger partial charge in [-0.15, -0.1) is 0 Å². The molecule has 1 aromatic heterocycles. The molecule has 3 unspecified atom stereocenters. The van der Waals surface area contributed by atoms with Gasteiger partial charge in [0.05, 0.1) is 5.69 Å². The van der Waals surface area contributed by atoms with Gasteiger partial charge in [0.15, 0.2) is 0 Å². The summed E-state index contributed by atoms with van der Waals surface area (Å²) in [6.45, 7) is 10.0. The first-order chi connectivity index (χ1) is 8.61. The van der Waals surface area contributed by atoms with Crippen molar-refractivity contribution in [3.05, 3.63) is 18.0 Å². The molecule has 0 saturated heterocycles. The fourth-order valence-electron chi connectivity index (χ4n) is 3.13. The fraction of sp³-hybridized carbons (Fsp3) is 0.800. The van der Waals surface area contributed by atoms with E-state index in [-0.39, 0.29) is 0 Å². The lowest BCUT2D eigenvalue weighted by Gasteiger charge is -2.20. The second-order valence-electron chi connectivity index (χ2n) is 5.95. The molecule has 3 heteroatoms. The third-order valence-corrected chi connectivity index (χ3v) is 4.36. The largest absolute Gasteiger partial charge is 0.314 e. The van der Waals surface area contributed by atoms with Crippen LogP contribution in [0.4, 0.5) is 0 Å². The molecule has 18 heavy (non-hydrogen) atoms. The minimum Gasteiger partial charge on any atom is -0.314 e. The van der Waals surface area contributed by atoms with Crippen molar-refractivity contribution < 1.29 is 0 Å². The molecular weight excluding hydrogens is 222 g/mol. The van der Waals surface area contributed by atoms with Crippen LogP contribution < -0.4 is 5.32 Å². The second kappa shape index (κ2) is 5.87. The molecule has 1 saturated carbocycles. The zero-order chi connectivity index (χ0) is 13.1. The Balaban J connectivity index is 1.93. The lowest BCUT2D eigenvalue weighted by atomic mass is 9.91. The van der Waals surface area contributed by atoms with Crippen LogP contribution in [0.5, 0.6) is 0 Å². The van der Waals surface area contributed by atoms with Crippen molar-refractivity contribution in [3.63, 3.8) is 0 Å². The van der Waals surface area contributed by atoms with Gasteiger partial charge >= 0.3 is 0 Å². The summed E-state index contributed by atoms with van der Waals surface area (Å²) in [6, 6.07) is 3.37. The summed E-state index contributed by atoms with van der Waals surface area (Å²) in [6.07, 6.45) is 5.92. The minimum atomic E-state index is 0.467. The van der Waals surface area contributed by atoms with E-state index in [9.17, 15) is 0 Å². The zero-order valence-electron chi connectivity index (χ0n) is 12.2. The SMILES string of the molecule is CCNC1CCC(Cc2ccn(C(C)C)n2)C1C. The fourth-order valence-corrected chi connectivity index (χ4v) is 3.13. The van der Waals surface area contributed by atoms with Crippen LogP contribution in [0, 0.1) is 11.8 Å². The quantitative estimate of drug-likeness (QED) is 0.869. The summed E-state index contributed by atoms with van der Waals surface area (Å²) in [4.78, 5) is 0. The Bertz CT molecular complexity index is 370. The van der Waals surface area contributed by atoms with Crippen LogP contribution >= 0.6 is 0 Å². The highest BCUT2D eigenvalue weighted by molar-refractivity contribution is 5.03. The molecule has 1 aliphatic carbocycles. The number of nitrogens with zero attached hydrogens (tertiary/aromatic N) is 2. The summed E-state index contributed by atoms with van der Waals surface area (Å²) >= 11 is 0. The van der Waals surface area contributed by atoms with Gasteiger partial charge < -0.3 is 5.32 Å². The van der Waals surface area contributed by atoms with Crippen molar-refractivity contribution in [2.45, 2.75) is 59.0 Å². The number of nitrogens with one attached hydrogen (secondary N) is 1. The number of hydrogen-bond acceptors (Lipinski definition) is 2. The second-order valence-corrected chi connectivity index (χ2v) is 5.95. The van der Waals surface area contributed by atoms with Crippen molar-refractivity contribution in [1.82, 2.24) is 15.1 Å². The van der Waals surface area contributed by atoms with Gasteiger partial charge in [0.2, 0.25) is 0 Å². The summed E-state index contributed by atoms with van der Waals surface area (Å²) in [5, 5.41) is 8.28. The molecule has 102 valence electrons. The lowest BCUT2D eigenvalue weighted by Crippen LogP contribution is -2.32. The maximum absolute atomic E-state index is 4.67. The van der Waals surface area contributed by atoms with Gasteiger partial charge in [-0.3, -0.25) is 4.68 Å². The number of aromatic nitrogens is 2. The van der Waals surface area contributed by atoms with Crippen molar-refractivity contribution in [1.29, 1.82) is 0 Å². The van der Waals surface area contributed by atoms with Crippen LogP contribution in [-0.2, 0) is 6.42 Å². The Hall–Kier alpha value is -0.830.